The van der Waals surface area contributed by atoms with E-state index >= 15 is 0 Å². The van der Waals surface area contributed by atoms with Crippen LogP contribution in [0.5, 0.6) is 0 Å². The normalized spacial score (nSPS) is 11.1. The number of benzene rings is 2. The largest absolute Gasteiger partial charge is 0.228 e. The molecule has 2 nitrogen and oxygen atoms in total. The van der Waals surface area contributed by atoms with Crippen LogP contribution >= 0.6 is 23.2 Å². The molecule has 0 aliphatic rings. The first-order valence-corrected chi connectivity index (χ1v) is 6.81. The van der Waals surface area contributed by atoms with Crippen LogP contribution in [0.15, 0.2) is 30.3 Å². The molecule has 0 fully saturated rings. The zero-order valence-electron chi connectivity index (χ0n) is 10.8. The van der Waals surface area contributed by atoms with Crippen molar-refractivity contribution in [2.24, 2.45) is 0 Å². The molecule has 21 heavy (non-hydrogen) atoms. The fraction of sp³-hybridized carbons (Fsp3) is 0.0667. The number of fused-ring (bicyclic) bond motifs is 1. The predicted molar refractivity (Wildman–Crippen MR) is 79.6 cm³/mol. The average molecular weight is 325 g/mol. The Morgan fingerprint density at radius 2 is 1.76 bits per heavy atom. The van der Waals surface area contributed by atoms with Gasteiger partial charge in [0.05, 0.1) is 21.5 Å². The van der Waals surface area contributed by atoms with Crippen LogP contribution in [0.2, 0.25) is 10.2 Å². The van der Waals surface area contributed by atoms with E-state index in [1.54, 1.807) is 18.2 Å². The topological polar surface area (TPSA) is 25.8 Å². The summed E-state index contributed by atoms with van der Waals surface area (Å²) in [5.74, 6) is -1.27. The maximum atomic E-state index is 13.9. The molecule has 6 heteroatoms. The van der Waals surface area contributed by atoms with Gasteiger partial charge in [-0.1, -0.05) is 29.3 Å². The van der Waals surface area contributed by atoms with Gasteiger partial charge in [-0.15, -0.1) is 0 Å². The Hall–Kier alpha value is -1.78. The molecular weight excluding hydrogens is 317 g/mol. The number of halogens is 4. The van der Waals surface area contributed by atoms with Crippen molar-refractivity contribution in [2.45, 2.75) is 6.92 Å². The van der Waals surface area contributed by atoms with Crippen molar-refractivity contribution in [1.82, 2.24) is 9.97 Å². The van der Waals surface area contributed by atoms with Crippen molar-refractivity contribution in [3.05, 3.63) is 57.7 Å². The minimum absolute atomic E-state index is 0.0929. The average Bonchev–Trinajstić information content (AvgIpc) is 2.42. The lowest BCUT2D eigenvalue weighted by Crippen LogP contribution is -1.97. The predicted octanol–water partition coefficient (Wildman–Crippen LogP) is 5.19. The lowest BCUT2D eigenvalue weighted by atomic mass is 10.1. The summed E-state index contributed by atoms with van der Waals surface area (Å²) in [6, 6.07) is 7.24. The van der Waals surface area contributed by atoms with E-state index in [0.29, 0.717) is 21.5 Å². The third-order valence-electron chi connectivity index (χ3n) is 3.12. The quantitative estimate of drug-likeness (QED) is 0.575. The van der Waals surface area contributed by atoms with Gasteiger partial charge in [-0.25, -0.2) is 18.7 Å². The smallest absolute Gasteiger partial charge is 0.164 e. The first-order valence-electron chi connectivity index (χ1n) is 6.05. The van der Waals surface area contributed by atoms with Gasteiger partial charge in [-0.05, 0) is 30.7 Å². The first kappa shape index (κ1) is 14.2. The molecule has 0 aliphatic carbocycles. The monoisotopic (exact) mass is 324 g/mol. The fourth-order valence-electron chi connectivity index (χ4n) is 2.05. The van der Waals surface area contributed by atoms with E-state index in [-0.39, 0.29) is 16.5 Å². The lowest BCUT2D eigenvalue weighted by Gasteiger charge is -2.08. The van der Waals surface area contributed by atoms with Gasteiger partial charge in [0.2, 0.25) is 0 Å². The summed E-state index contributed by atoms with van der Waals surface area (Å²) in [4.78, 5) is 8.33. The number of aryl methyl sites for hydroxylation is 1. The number of nitrogens with zero attached hydrogens (tertiary/aromatic N) is 2. The van der Waals surface area contributed by atoms with Crippen molar-refractivity contribution >= 4 is 34.1 Å². The van der Waals surface area contributed by atoms with Crippen LogP contribution in [0.1, 0.15) is 5.56 Å². The van der Waals surface area contributed by atoms with Crippen molar-refractivity contribution in [2.75, 3.05) is 0 Å². The third kappa shape index (κ3) is 2.45. The van der Waals surface area contributed by atoms with Gasteiger partial charge in [-0.2, -0.15) is 0 Å². The second kappa shape index (κ2) is 5.20. The first-order chi connectivity index (χ1) is 9.97. The van der Waals surface area contributed by atoms with Gasteiger partial charge in [0.15, 0.2) is 5.82 Å². The van der Waals surface area contributed by atoms with Crippen molar-refractivity contribution < 1.29 is 8.78 Å². The highest BCUT2D eigenvalue weighted by Crippen LogP contribution is 2.31. The molecule has 106 valence electrons. The highest BCUT2D eigenvalue weighted by molar-refractivity contribution is 6.41. The van der Waals surface area contributed by atoms with Gasteiger partial charge in [0, 0.05) is 6.07 Å². The SMILES string of the molecule is Cc1cc(-c2nc(Cl)c3c(Cl)cccc3n2)c(F)cc1F. The van der Waals surface area contributed by atoms with E-state index in [0.717, 1.165) is 6.07 Å². The van der Waals surface area contributed by atoms with Gasteiger partial charge >= 0.3 is 0 Å². The highest BCUT2D eigenvalue weighted by atomic mass is 35.5. The molecule has 3 aromatic rings. The highest BCUT2D eigenvalue weighted by Gasteiger charge is 2.15. The summed E-state index contributed by atoms with van der Waals surface area (Å²) in [7, 11) is 0. The van der Waals surface area contributed by atoms with Crippen LogP contribution < -0.4 is 0 Å². The Labute approximate surface area is 129 Å². The van der Waals surface area contributed by atoms with Crippen LogP contribution in [-0.2, 0) is 0 Å². The minimum atomic E-state index is -0.740. The summed E-state index contributed by atoms with van der Waals surface area (Å²) in [5, 5.41) is 1.05. The van der Waals surface area contributed by atoms with E-state index in [1.165, 1.54) is 13.0 Å². The zero-order chi connectivity index (χ0) is 15.1. The molecule has 0 N–H and O–H groups in total. The Morgan fingerprint density at radius 1 is 1.00 bits per heavy atom. The van der Waals surface area contributed by atoms with E-state index in [1.807, 2.05) is 0 Å². The third-order valence-corrected chi connectivity index (χ3v) is 3.71. The summed E-state index contributed by atoms with van der Waals surface area (Å²) in [6.07, 6.45) is 0. The molecule has 0 atom stereocenters. The van der Waals surface area contributed by atoms with Crippen LogP contribution in [-0.4, -0.2) is 9.97 Å². The molecule has 0 saturated carbocycles. The van der Waals surface area contributed by atoms with E-state index in [9.17, 15) is 8.78 Å². The molecule has 0 aliphatic heterocycles. The Balaban J connectivity index is 2.29. The summed E-state index contributed by atoms with van der Waals surface area (Å²) < 4.78 is 27.3. The number of aromatic nitrogens is 2. The van der Waals surface area contributed by atoms with Gasteiger partial charge in [-0.3, -0.25) is 0 Å². The Morgan fingerprint density at radius 3 is 2.52 bits per heavy atom. The van der Waals surface area contributed by atoms with Crippen molar-refractivity contribution in [3.63, 3.8) is 0 Å². The lowest BCUT2D eigenvalue weighted by molar-refractivity contribution is 0.579. The van der Waals surface area contributed by atoms with Gasteiger partial charge < -0.3 is 0 Å². The molecule has 0 saturated heterocycles. The maximum Gasteiger partial charge on any atom is 0.164 e. The number of rotatable bonds is 1. The molecule has 0 bridgehead atoms. The van der Waals surface area contributed by atoms with Gasteiger partial charge in [0.1, 0.15) is 16.8 Å². The molecule has 3 rings (SSSR count). The van der Waals surface area contributed by atoms with Crippen LogP contribution in [0, 0.1) is 18.6 Å². The van der Waals surface area contributed by atoms with Crippen LogP contribution in [0.25, 0.3) is 22.3 Å². The van der Waals surface area contributed by atoms with Crippen LogP contribution in [0.4, 0.5) is 8.78 Å². The Kier molecular flexibility index (Phi) is 3.51. The molecule has 1 heterocycles. The molecule has 0 radical (unpaired) electrons. The maximum absolute atomic E-state index is 13.9. The van der Waals surface area contributed by atoms with Gasteiger partial charge in [0.25, 0.3) is 0 Å². The molecule has 0 amide bonds. The molecule has 2 aromatic carbocycles. The summed E-state index contributed by atoms with van der Waals surface area (Å²) >= 11 is 12.2. The number of hydrogen-bond acceptors (Lipinski definition) is 2. The second-order valence-corrected chi connectivity index (χ2v) is 5.32. The standard InChI is InChI=1S/C15H8Cl2F2N2/c1-7-5-8(11(19)6-10(7)18)15-20-12-4-2-3-9(16)13(12)14(17)21-15/h2-6H,1H3. The van der Waals surface area contributed by atoms with Crippen LogP contribution in [0.3, 0.4) is 0 Å². The molecule has 1 aromatic heterocycles. The zero-order valence-corrected chi connectivity index (χ0v) is 12.3. The molecule has 0 unspecified atom stereocenters. The second-order valence-electron chi connectivity index (χ2n) is 4.55. The summed E-state index contributed by atoms with van der Waals surface area (Å²) in [6.45, 7) is 1.54. The fourth-order valence-corrected chi connectivity index (χ4v) is 2.63. The minimum Gasteiger partial charge on any atom is -0.228 e. The molecular formula is C15H8Cl2F2N2. The van der Waals surface area contributed by atoms with E-state index < -0.39 is 11.6 Å². The number of hydrogen-bond donors (Lipinski definition) is 0. The summed E-state index contributed by atoms with van der Waals surface area (Å²) in [5.41, 5.74) is 0.897. The van der Waals surface area contributed by atoms with E-state index in [4.69, 9.17) is 23.2 Å². The van der Waals surface area contributed by atoms with Crippen molar-refractivity contribution in [1.29, 1.82) is 0 Å². The van der Waals surface area contributed by atoms with E-state index in [2.05, 4.69) is 9.97 Å². The molecule has 0 spiro atoms. The Bertz CT molecular complexity index is 866. The van der Waals surface area contributed by atoms with Crippen molar-refractivity contribution in [3.8, 4) is 11.4 Å².